The molecule has 102 valence electrons. The quantitative estimate of drug-likeness (QED) is 0.812. The van der Waals surface area contributed by atoms with Crippen LogP contribution in [-0.2, 0) is 4.79 Å². The monoisotopic (exact) mass is 263 g/mol. The Kier molecular flexibility index (Phi) is 3.99. The molecule has 1 fully saturated rings. The zero-order chi connectivity index (χ0) is 13.8. The highest BCUT2D eigenvalue weighted by molar-refractivity contribution is 5.97. The Hall–Kier alpha value is -2.11. The predicted molar refractivity (Wildman–Crippen MR) is 69.8 cm³/mol. The van der Waals surface area contributed by atoms with E-state index in [4.69, 9.17) is 0 Å². The van der Waals surface area contributed by atoms with Gasteiger partial charge in [0, 0.05) is 19.3 Å². The Morgan fingerprint density at radius 3 is 2.68 bits per heavy atom. The molecule has 2 amide bonds. The highest BCUT2D eigenvalue weighted by Crippen LogP contribution is 2.09. The van der Waals surface area contributed by atoms with E-state index in [1.807, 2.05) is 0 Å². The van der Waals surface area contributed by atoms with Crippen LogP contribution < -0.4 is 10.9 Å². The molecule has 2 rings (SSSR count). The second kappa shape index (κ2) is 5.69. The zero-order valence-corrected chi connectivity index (χ0v) is 10.8. The van der Waals surface area contributed by atoms with Crippen LogP contribution >= 0.6 is 0 Å². The van der Waals surface area contributed by atoms with Gasteiger partial charge in [-0.1, -0.05) is 0 Å². The van der Waals surface area contributed by atoms with Gasteiger partial charge < -0.3 is 15.2 Å². The molecule has 0 spiro atoms. The minimum atomic E-state index is -0.620. The molecule has 6 nitrogen and oxygen atoms in total. The number of aromatic amines is 1. The van der Waals surface area contributed by atoms with Gasteiger partial charge in [0.15, 0.2) is 0 Å². The lowest BCUT2D eigenvalue weighted by Gasteiger charge is -2.20. The van der Waals surface area contributed by atoms with Gasteiger partial charge >= 0.3 is 0 Å². The van der Waals surface area contributed by atoms with E-state index in [9.17, 15) is 14.4 Å². The zero-order valence-electron chi connectivity index (χ0n) is 10.8. The van der Waals surface area contributed by atoms with Gasteiger partial charge in [-0.2, -0.15) is 0 Å². The van der Waals surface area contributed by atoms with Crippen LogP contribution in [0.15, 0.2) is 23.1 Å². The fourth-order valence-electron chi connectivity index (χ4n) is 2.15. The smallest absolute Gasteiger partial charge is 0.260 e. The number of hydrogen-bond donors (Lipinski definition) is 2. The van der Waals surface area contributed by atoms with E-state index >= 15 is 0 Å². The van der Waals surface area contributed by atoms with Gasteiger partial charge in [0.1, 0.15) is 11.6 Å². The summed E-state index contributed by atoms with van der Waals surface area (Å²) in [6.45, 7) is 3.12. The molecule has 6 heteroatoms. The number of nitrogens with zero attached hydrogens (tertiary/aromatic N) is 1. The van der Waals surface area contributed by atoms with Crippen LogP contribution in [-0.4, -0.2) is 40.8 Å². The third-order valence-electron chi connectivity index (χ3n) is 3.20. The number of nitrogens with one attached hydrogen (secondary N) is 2. The predicted octanol–water partition coefficient (Wildman–Crippen LogP) is 0.116. The number of likely N-dealkylation sites (tertiary alicyclic amines) is 1. The first-order valence-corrected chi connectivity index (χ1v) is 6.37. The van der Waals surface area contributed by atoms with E-state index in [0.29, 0.717) is 0 Å². The van der Waals surface area contributed by atoms with Crippen molar-refractivity contribution in [2.45, 2.75) is 25.8 Å². The molecule has 1 aromatic heterocycles. The molecule has 2 N–H and O–H groups in total. The normalized spacial score (nSPS) is 16.2. The third kappa shape index (κ3) is 3.01. The van der Waals surface area contributed by atoms with Gasteiger partial charge in [-0.15, -0.1) is 0 Å². The highest BCUT2D eigenvalue weighted by Gasteiger charge is 2.25. The van der Waals surface area contributed by atoms with Crippen molar-refractivity contribution in [3.8, 4) is 0 Å². The van der Waals surface area contributed by atoms with Crippen molar-refractivity contribution in [1.82, 2.24) is 15.2 Å². The van der Waals surface area contributed by atoms with Gasteiger partial charge in [0.25, 0.3) is 11.5 Å². The number of H-pyrrole nitrogens is 1. The van der Waals surface area contributed by atoms with Crippen molar-refractivity contribution in [2.75, 3.05) is 13.1 Å². The molecule has 0 aliphatic carbocycles. The van der Waals surface area contributed by atoms with E-state index in [0.717, 1.165) is 25.9 Å². The summed E-state index contributed by atoms with van der Waals surface area (Å²) in [5.41, 5.74) is -0.440. The maximum atomic E-state index is 12.0. The van der Waals surface area contributed by atoms with Gasteiger partial charge in [-0.05, 0) is 31.9 Å². The number of hydrogen-bond acceptors (Lipinski definition) is 3. The Labute approximate surface area is 110 Å². The van der Waals surface area contributed by atoms with Crippen LogP contribution in [0.3, 0.4) is 0 Å². The molecule has 1 aliphatic heterocycles. The van der Waals surface area contributed by atoms with Crippen LogP contribution in [0.5, 0.6) is 0 Å². The van der Waals surface area contributed by atoms with Crippen molar-refractivity contribution >= 4 is 11.8 Å². The third-order valence-corrected chi connectivity index (χ3v) is 3.20. The summed E-state index contributed by atoms with van der Waals surface area (Å²) in [5, 5.41) is 2.56. The molecule has 0 unspecified atom stereocenters. The summed E-state index contributed by atoms with van der Waals surface area (Å²) in [4.78, 5) is 39.5. The lowest BCUT2D eigenvalue weighted by atomic mass is 10.2. The number of pyridine rings is 1. The number of aromatic nitrogens is 1. The van der Waals surface area contributed by atoms with Crippen molar-refractivity contribution < 1.29 is 9.59 Å². The first-order chi connectivity index (χ1) is 9.09. The highest BCUT2D eigenvalue weighted by atomic mass is 16.2. The average Bonchev–Trinajstić information content (AvgIpc) is 2.92. The molecule has 1 atom stereocenters. The molecular formula is C13H17N3O3. The molecule has 0 saturated carbocycles. The first kappa shape index (κ1) is 13.3. The molecule has 19 heavy (non-hydrogen) atoms. The average molecular weight is 263 g/mol. The lowest BCUT2D eigenvalue weighted by Crippen LogP contribution is -2.46. The first-order valence-electron chi connectivity index (χ1n) is 6.37. The van der Waals surface area contributed by atoms with Crippen LogP contribution in [0.25, 0.3) is 0 Å². The summed E-state index contributed by atoms with van der Waals surface area (Å²) in [6, 6.07) is 2.38. The van der Waals surface area contributed by atoms with E-state index in [1.54, 1.807) is 17.9 Å². The van der Waals surface area contributed by atoms with Gasteiger partial charge in [-0.3, -0.25) is 14.4 Å². The van der Waals surface area contributed by atoms with Crippen LogP contribution in [0.1, 0.15) is 30.1 Å². The number of carbonyl (C=O) groups excluding carboxylic acids is 2. The minimum Gasteiger partial charge on any atom is -0.341 e. The van der Waals surface area contributed by atoms with E-state index in [-0.39, 0.29) is 11.5 Å². The van der Waals surface area contributed by atoms with E-state index < -0.39 is 17.5 Å². The summed E-state index contributed by atoms with van der Waals surface area (Å²) < 4.78 is 0. The largest absolute Gasteiger partial charge is 0.341 e. The second-order valence-corrected chi connectivity index (χ2v) is 4.64. The summed E-state index contributed by atoms with van der Waals surface area (Å²) in [5.74, 6) is -0.625. The maximum absolute atomic E-state index is 12.0. The van der Waals surface area contributed by atoms with Crippen molar-refractivity contribution in [3.63, 3.8) is 0 Å². The number of rotatable bonds is 3. The van der Waals surface area contributed by atoms with Crippen molar-refractivity contribution in [3.05, 3.63) is 34.2 Å². The molecule has 0 aromatic carbocycles. The van der Waals surface area contributed by atoms with Gasteiger partial charge in [-0.25, -0.2) is 0 Å². The van der Waals surface area contributed by atoms with Crippen molar-refractivity contribution in [1.29, 1.82) is 0 Å². The van der Waals surface area contributed by atoms with E-state index in [2.05, 4.69) is 10.3 Å². The number of carbonyl (C=O) groups is 2. The summed E-state index contributed by atoms with van der Waals surface area (Å²) >= 11 is 0. The number of amides is 2. The molecule has 1 aromatic rings. The Morgan fingerprint density at radius 2 is 2.05 bits per heavy atom. The Bertz CT molecular complexity index is 532. The fourth-order valence-corrected chi connectivity index (χ4v) is 2.15. The lowest BCUT2D eigenvalue weighted by molar-refractivity contribution is -0.131. The molecular weight excluding hydrogens is 246 g/mol. The van der Waals surface area contributed by atoms with Crippen molar-refractivity contribution in [2.24, 2.45) is 0 Å². The second-order valence-electron chi connectivity index (χ2n) is 4.64. The topological polar surface area (TPSA) is 82.3 Å². The SMILES string of the molecule is C[C@@H](NC(=O)c1ccc[nH]c1=O)C(=O)N1CCCC1. The summed E-state index contributed by atoms with van der Waals surface area (Å²) in [6.07, 6.45) is 3.47. The van der Waals surface area contributed by atoms with Crippen LogP contribution in [0.4, 0.5) is 0 Å². The molecule has 1 aliphatic rings. The Morgan fingerprint density at radius 1 is 1.37 bits per heavy atom. The molecule has 1 saturated heterocycles. The van der Waals surface area contributed by atoms with Gasteiger partial charge in [0.2, 0.25) is 5.91 Å². The van der Waals surface area contributed by atoms with Crippen LogP contribution in [0, 0.1) is 0 Å². The molecule has 2 heterocycles. The maximum Gasteiger partial charge on any atom is 0.260 e. The molecule has 0 radical (unpaired) electrons. The summed E-state index contributed by atoms with van der Waals surface area (Å²) in [7, 11) is 0. The Balaban J connectivity index is 2.00. The van der Waals surface area contributed by atoms with Crippen LogP contribution in [0.2, 0.25) is 0 Å². The standard InChI is InChI=1S/C13H17N3O3/c1-9(13(19)16-7-2-3-8-16)15-12(18)10-5-4-6-14-11(10)17/h4-6,9H,2-3,7-8H2,1H3,(H,14,17)(H,15,18)/t9-/m1/s1. The molecule has 0 bridgehead atoms. The minimum absolute atomic E-state index is 0.0172. The van der Waals surface area contributed by atoms with E-state index in [1.165, 1.54) is 12.3 Å². The fraction of sp³-hybridized carbons (Fsp3) is 0.462. The van der Waals surface area contributed by atoms with Gasteiger partial charge in [0.05, 0.1) is 0 Å².